The van der Waals surface area contributed by atoms with Crippen molar-refractivity contribution in [2.24, 2.45) is 0 Å². The van der Waals surface area contributed by atoms with E-state index in [1.807, 2.05) is 0 Å². The van der Waals surface area contributed by atoms with Crippen molar-refractivity contribution in [1.82, 2.24) is 24.9 Å². The van der Waals surface area contributed by atoms with Gasteiger partial charge in [0, 0.05) is 13.1 Å². The Hall–Kier alpha value is -2.30. The van der Waals surface area contributed by atoms with E-state index < -0.39 is 0 Å². The number of aromatic nitrogens is 5. The minimum absolute atomic E-state index is 0.235. The normalized spacial score (nSPS) is 23.5. The summed E-state index contributed by atoms with van der Waals surface area (Å²) in [6.45, 7) is 8.64. The summed E-state index contributed by atoms with van der Waals surface area (Å²) >= 11 is 1.56. The highest BCUT2D eigenvalue weighted by atomic mass is 32.1. The van der Waals surface area contributed by atoms with Gasteiger partial charge < -0.3 is 24.3 Å². The predicted octanol–water partition coefficient (Wildman–Crippen LogP) is 1.93. The van der Waals surface area contributed by atoms with Crippen LogP contribution in [-0.2, 0) is 9.47 Å². The van der Waals surface area contributed by atoms with Gasteiger partial charge in [0.05, 0.1) is 56.7 Å². The fourth-order valence-corrected chi connectivity index (χ4v) is 4.58. The first kappa shape index (κ1) is 17.8. The van der Waals surface area contributed by atoms with E-state index in [1.165, 1.54) is 0 Å². The molecule has 5 rings (SSSR count). The van der Waals surface area contributed by atoms with Gasteiger partial charge in [-0.1, -0.05) is 11.3 Å². The number of rotatable bonds is 3. The topological polar surface area (TPSA) is 92.3 Å². The van der Waals surface area contributed by atoms with Gasteiger partial charge in [-0.25, -0.2) is 9.97 Å². The third-order valence-corrected chi connectivity index (χ3v) is 6.20. The Morgan fingerprint density at radius 3 is 2.46 bits per heavy atom. The van der Waals surface area contributed by atoms with Crippen LogP contribution < -0.4 is 9.80 Å². The summed E-state index contributed by atoms with van der Waals surface area (Å²) in [6.07, 6.45) is 3.45. The first-order valence-electron chi connectivity index (χ1n) is 9.57. The summed E-state index contributed by atoms with van der Waals surface area (Å²) < 4.78 is 11.2. The number of anilines is 2. The zero-order valence-electron chi connectivity index (χ0n) is 16.0. The van der Waals surface area contributed by atoms with Gasteiger partial charge >= 0.3 is 0 Å². The molecule has 0 bridgehead atoms. The summed E-state index contributed by atoms with van der Waals surface area (Å²) in [4.78, 5) is 27.4. The SMILES string of the molecule is C[C@@H]1COCCN1c1nc(N2CCOC[C@@H]2C)nc2sc(-c3cnc[nH]3)nc12. The Morgan fingerprint density at radius 1 is 1.04 bits per heavy atom. The number of nitrogens with one attached hydrogen (secondary N) is 1. The fraction of sp³-hybridized carbons (Fsp3) is 0.556. The lowest BCUT2D eigenvalue weighted by Crippen LogP contribution is -2.46. The number of imidazole rings is 1. The Morgan fingerprint density at radius 2 is 1.79 bits per heavy atom. The van der Waals surface area contributed by atoms with E-state index in [1.54, 1.807) is 23.9 Å². The van der Waals surface area contributed by atoms with Crippen LogP contribution in [0.1, 0.15) is 13.8 Å². The maximum absolute atomic E-state index is 5.63. The average Bonchev–Trinajstić information content (AvgIpc) is 3.37. The zero-order valence-corrected chi connectivity index (χ0v) is 16.8. The molecule has 0 unspecified atom stereocenters. The molecular formula is C18H23N7O2S. The number of thiazole rings is 1. The van der Waals surface area contributed by atoms with Crippen molar-refractivity contribution in [3.8, 4) is 10.7 Å². The van der Waals surface area contributed by atoms with E-state index in [9.17, 15) is 0 Å². The molecule has 2 aliphatic heterocycles. The third-order valence-electron chi connectivity index (χ3n) is 5.22. The van der Waals surface area contributed by atoms with Gasteiger partial charge in [0.25, 0.3) is 0 Å². The van der Waals surface area contributed by atoms with E-state index in [0.717, 1.165) is 45.9 Å². The molecule has 0 saturated carbocycles. The van der Waals surface area contributed by atoms with Crippen LogP contribution in [0.4, 0.5) is 11.8 Å². The highest BCUT2D eigenvalue weighted by molar-refractivity contribution is 7.21. The van der Waals surface area contributed by atoms with Crippen molar-refractivity contribution in [2.45, 2.75) is 25.9 Å². The molecule has 0 amide bonds. The van der Waals surface area contributed by atoms with Crippen molar-refractivity contribution in [3.05, 3.63) is 12.5 Å². The molecule has 9 nitrogen and oxygen atoms in total. The maximum atomic E-state index is 5.63. The molecule has 2 fully saturated rings. The first-order chi connectivity index (χ1) is 13.7. The van der Waals surface area contributed by atoms with Crippen LogP contribution in [0.25, 0.3) is 21.0 Å². The van der Waals surface area contributed by atoms with Crippen LogP contribution in [0.2, 0.25) is 0 Å². The lowest BCUT2D eigenvalue weighted by molar-refractivity contribution is 0.0973. The molecule has 0 radical (unpaired) electrons. The van der Waals surface area contributed by atoms with Gasteiger partial charge in [-0.15, -0.1) is 0 Å². The maximum Gasteiger partial charge on any atom is 0.229 e. The third kappa shape index (κ3) is 3.11. The molecule has 2 saturated heterocycles. The smallest absolute Gasteiger partial charge is 0.229 e. The highest BCUT2D eigenvalue weighted by Crippen LogP contribution is 2.35. The van der Waals surface area contributed by atoms with Gasteiger partial charge in [0.2, 0.25) is 5.95 Å². The fourth-order valence-electron chi connectivity index (χ4n) is 3.68. The lowest BCUT2D eigenvalue weighted by Gasteiger charge is -2.36. The summed E-state index contributed by atoms with van der Waals surface area (Å²) in [5, 5.41) is 0.871. The van der Waals surface area contributed by atoms with Gasteiger partial charge in [0.15, 0.2) is 10.6 Å². The second-order valence-electron chi connectivity index (χ2n) is 7.22. The van der Waals surface area contributed by atoms with E-state index in [-0.39, 0.29) is 12.1 Å². The molecule has 148 valence electrons. The van der Waals surface area contributed by atoms with Crippen molar-refractivity contribution >= 4 is 33.5 Å². The summed E-state index contributed by atoms with van der Waals surface area (Å²) in [5.41, 5.74) is 1.73. The van der Waals surface area contributed by atoms with Crippen LogP contribution in [0.15, 0.2) is 12.5 Å². The van der Waals surface area contributed by atoms with Gasteiger partial charge in [-0.2, -0.15) is 9.97 Å². The van der Waals surface area contributed by atoms with Gasteiger partial charge in [-0.05, 0) is 13.8 Å². The van der Waals surface area contributed by atoms with Gasteiger partial charge in [-0.3, -0.25) is 0 Å². The Balaban J connectivity index is 1.65. The first-order valence-corrected chi connectivity index (χ1v) is 10.4. The molecular weight excluding hydrogens is 378 g/mol. The number of H-pyrrole nitrogens is 1. The molecule has 5 heterocycles. The van der Waals surface area contributed by atoms with E-state index >= 15 is 0 Å². The number of ether oxygens (including phenoxy) is 2. The largest absolute Gasteiger partial charge is 0.377 e. The molecule has 1 N–H and O–H groups in total. The summed E-state index contributed by atoms with van der Waals surface area (Å²) in [7, 11) is 0. The van der Waals surface area contributed by atoms with Crippen molar-refractivity contribution in [2.75, 3.05) is 49.3 Å². The molecule has 0 spiro atoms. The Kier molecular flexibility index (Phi) is 4.61. The van der Waals surface area contributed by atoms with E-state index in [0.29, 0.717) is 26.4 Å². The van der Waals surface area contributed by atoms with Crippen LogP contribution in [0.5, 0.6) is 0 Å². The van der Waals surface area contributed by atoms with Crippen LogP contribution in [0, 0.1) is 0 Å². The number of hydrogen-bond donors (Lipinski definition) is 1. The summed E-state index contributed by atoms with van der Waals surface area (Å²) in [5.74, 6) is 1.63. The minimum atomic E-state index is 0.235. The van der Waals surface area contributed by atoms with E-state index in [4.69, 9.17) is 24.4 Å². The van der Waals surface area contributed by atoms with Crippen LogP contribution in [-0.4, -0.2) is 76.5 Å². The Bertz CT molecular complexity index is 960. The minimum Gasteiger partial charge on any atom is -0.377 e. The van der Waals surface area contributed by atoms with Gasteiger partial charge in [0.1, 0.15) is 10.5 Å². The monoisotopic (exact) mass is 401 g/mol. The number of morpholine rings is 2. The number of hydrogen-bond acceptors (Lipinski definition) is 9. The standard InChI is InChI=1S/C18H23N7O2S/c1-11-8-26-5-3-24(11)15-14-17(28-16(21-14)13-7-19-10-20-13)23-18(22-15)25-4-6-27-9-12(25)2/h7,10-12H,3-6,8-9H2,1-2H3,(H,19,20)/t11-,12+/m1/s1. The molecule has 0 aliphatic carbocycles. The number of aromatic amines is 1. The lowest BCUT2D eigenvalue weighted by atomic mass is 10.2. The molecule has 2 aliphatic rings. The summed E-state index contributed by atoms with van der Waals surface area (Å²) in [6, 6.07) is 0.472. The molecule has 3 aromatic heterocycles. The van der Waals surface area contributed by atoms with E-state index in [2.05, 4.69) is 33.6 Å². The highest BCUT2D eigenvalue weighted by Gasteiger charge is 2.28. The van der Waals surface area contributed by atoms with Crippen LogP contribution in [0.3, 0.4) is 0 Å². The molecule has 10 heteroatoms. The van der Waals surface area contributed by atoms with Crippen molar-refractivity contribution in [1.29, 1.82) is 0 Å². The van der Waals surface area contributed by atoms with Crippen molar-refractivity contribution in [3.63, 3.8) is 0 Å². The number of nitrogens with zero attached hydrogens (tertiary/aromatic N) is 6. The molecule has 2 atom stereocenters. The average molecular weight is 401 g/mol. The van der Waals surface area contributed by atoms with Crippen molar-refractivity contribution < 1.29 is 9.47 Å². The molecule has 28 heavy (non-hydrogen) atoms. The number of fused-ring (bicyclic) bond motifs is 1. The second kappa shape index (κ2) is 7.26. The Labute approximate surface area is 166 Å². The second-order valence-corrected chi connectivity index (χ2v) is 8.20. The predicted molar refractivity (Wildman–Crippen MR) is 108 cm³/mol. The molecule has 3 aromatic rings. The zero-order chi connectivity index (χ0) is 19.1. The quantitative estimate of drug-likeness (QED) is 0.712. The molecule has 0 aromatic carbocycles. The van der Waals surface area contributed by atoms with Crippen LogP contribution >= 0.6 is 11.3 Å².